The van der Waals surface area contributed by atoms with Crippen molar-refractivity contribution in [1.29, 1.82) is 5.26 Å². The van der Waals surface area contributed by atoms with Gasteiger partial charge >= 0.3 is 0 Å². The summed E-state index contributed by atoms with van der Waals surface area (Å²) in [6.07, 6.45) is 5.24. The predicted molar refractivity (Wildman–Crippen MR) is 103 cm³/mol. The molecule has 0 unspecified atom stereocenters. The molecule has 0 atom stereocenters. The van der Waals surface area contributed by atoms with Crippen molar-refractivity contribution in [2.75, 3.05) is 20.3 Å². The number of nitrogens with zero attached hydrogens (tertiary/aromatic N) is 2. The standard InChI is InChI=1S/C21H20FN3O2/c1-14-10-16(13-23)6-8-25(14)21(24-3)15(2)20-12-17-11-18(26-9-7-22)4-5-19(17)27-20/h4-6,8,10-12,24H,1,7,9H2,2-3H3/b21-15+. The van der Waals surface area contributed by atoms with E-state index in [0.717, 1.165) is 16.8 Å². The number of furan rings is 1. The molecule has 1 N–H and O–H groups in total. The summed E-state index contributed by atoms with van der Waals surface area (Å²) in [5.74, 6) is 2.08. The lowest BCUT2D eigenvalue weighted by molar-refractivity contribution is 0.273. The third-order valence-electron chi connectivity index (χ3n) is 4.20. The van der Waals surface area contributed by atoms with Crippen LogP contribution in [-0.2, 0) is 0 Å². The maximum Gasteiger partial charge on any atom is 0.135 e. The van der Waals surface area contributed by atoms with E-state index in [1.54, 1.807) is 30.5 Å². The number of hydrogen-bond donors (Lipinski definition) is 1. The normalized spacial score (nSPS) is 14.7. The molecule has 2 heterocycles. The van der Waals surface area contributed by atoms with E-state index in [2.05, 4.69) is 18.0 Å². The average molecular weight is 365 g/mol. The SMILES string of the molecule is C=C1C=C(C#N)C=CN1/C(NC)=C(\C)c1cc2cc(OCCF)ccc2o1. The molecule has 5 nitrogen and oxygen atoms in total. The monoisotopic (exact) mass is 365 g/mol. The van der Waals surface area contributed by atoms with Crippen molar-refractivity contribution in [3.05, 3.63) is 72.0 Å². The van der Waals surface area contributed by atoms with Crippen LogP contribution < -0.4 is 10.1 Å². The molecular weight excluding hydrogens is 345 g/mol. The summed E-state index contributed by atoms with van der Waals surface area (Å²) >= 11 is 0. The number of ether oxygens (including phenoxy) is 1. The molecule has 27 heavy (non-hydrogen) atoms. The highest BCUT2D eigenvalue weighted by molar-refractivity contribution is 5.83. The van der Waals surface area contributed by atoms with Gasteiger partial charge in [0.1, 0.15) is 36.2 Å². The number of halogens is 1. The van der Waals surface area contributed by atoms with Crippen molar-refractivity contribution < 1.29 is 13.5 Å². The fraction of sp³-hybridized carbons (Fsp3) is 0.190. The number of benzene rings is 1. The summed E-state index contributed by atoms with van der Waals surface area (Å²) in [5, 5.41) is 13.1. The summed E-state index contributed by atoms with van der Waals surface area (Å²) in [6.45, 7) is 5.45. The van der Waals surface area contributed by atoms with E-state index in [4.69, 9.17) is 14.4 Å². The van der Waals surface area contributed by atoms with E-state index in [-0.39, 0.29) is 6.61 Å². The van der Waals surface area contributed by atoms with Crippen molar-refractivity contribution in [3.63, 3.8) is 0 Å². The molecular formula is C21H20FN3O2. The number of allylic oxidation sites excluding steroid dienone is 4. The minimum atomic E-state index is -0.531. The molecule has 138 valence electrons. The molecule has 2 aromatic rings. The zero-order valence-corrected chi connectivity index (χ0v) is 15.3. The Morgan fingerprint density at radius 1 is 1.41 bits per heavy atom. The van der Waals surface area contributed by atoms with Gasteiger partial charge in [-0.1, -0.05) is 6.58 Å². The van der Waals surface area contributed by atoms with Gasteiger partial charge < -0.3 is 19.4 Å². The molecule has 6 heteroatoms. The van der Waals surface area contributed by atoms with Crippen molar-refractivity contribution in [1.82, 2.24) is 10.2 Å². The quantitative estimate of drug-likeness (QED) is 0.818. The molecule has 1 aliphatic rings. The Kier molecular flexibility index (Phi) is 5.32. The molecule has 0 spiro atoms. The van der Waals surface area contributed by atoms with Gasteiger partial charge in [0.25, 0.3) is 0 Å². The lowest BCUT2D eigenvalue weighted by atomic mass is 10.1. The van der Waals surface area contributed by atoms with Crippen LogP contribution in [0.15, 0.2) is 70.7 Å². The molecule has 0 aliphatic carbocycles. The van der Waals surface area contributed by atoms with Crippen molar-refractivity contribution >= 4 is 16.5 Å². The fourth-order valence-electron chi connectivity index (χ4n) is 2.89. The summed E-state index contributed by atoms with van der Waals surface area (Å²) in [5.41, 5.74) is 2.82. The Hall–Kier alpha value is -3.46. The van der Waals surface area contributed by atoms with Gasteiger partial charge in [-0.15, -0.1) is 0 Å². The van der Waals surface area contributed by atoms with Crippen LogP contribution in [0.1, 0.15) is 12.7 Å². The van der Waals surface area contributed by atoms with Crippen LogP contribution >= 0.6 is 0 Å². The Labute approximate surface area is 157 Å². The lowest BCUT2D eigenvalue weighted by Gasteiger charge is -2.27. The zero-order chi connectivity index (χ0) is 19.4. The molecule has 1 aliphatic heterocycles. The molecule has 0 saturated carbocycles. The third kappa shape index (κ3) is 3.72. The lowest BCUT2D eigenvalue weighted by Crippen LogP contribution is -2.26. The number of alkyl halides is 1. The molecule has 1 aromatic heterocycles. The highest BCUT2D eigenvalue weighted by atomic mass is 19.1. The van der Waals surface area contributed by atoms with E-state index in [9.17, 15) is 4.39 Å². The Balaban J connectivity index is 1.96. The maximum absolute atomic E-state index is 12.3. The number of hydrogen-bond acceptors (Lipinski definition) is 5. The second-order valence-electron chi connectivity index (χ2n) is 5.96. The van der Waals surface area contributed by atoms with Crippen LogP contribution in [0.25, 0.3) is 16.5 Å². The topological polar surface area (TPSA) is 61.4 Å². The van der Waals surface area contributed by atoms with Gasteiger partial charge in [-0.05, 0) is 43.3 Å². The van der Waals surface area contributed by atoms with Crippen LogP contribution in [-0.4, -0.2) is 25.2 Å². The molecule has 1 aromatic carbocycles. The number of nitrogens with one attached hydrogen (secondary N) is 1. The largest absolute Gasteiger partial charge is 0.491 e. The fourth-order valence-corrected chi connectivity index (χ4v) is 2.89. The van der Waals surface area contributed by atoms with Gasteiger partial charge in [-0.3, -0.25) is 0 Å². The number of rotatable bonds is 6. The Morgan fingerprint density at radius 2 is 2.22 bits per heavy atom. The molecule has 0 bridgehead atoms. The molecule has 3 rings (SSSR count). The van der Waals surface area contributed by atoms with Gasteiger partial charge in [0, 0.05) is 29.9 Å². The first-order valence-corrected chi connectivity index (χ1v) is 8.47. The molecule has 0 fully saturated rings. The van der Waals surface area contributed by atoms with E-state index >= 15 is 0 Å². The summed E-state index contributed by atoms with van der Waals surface area (Å²) < 4.78 is 23.6. The van der Waals surface area contributed by atoms with E-state index in [1.807, 2.05) is 31.0 Å². The molecule has 0 saturated heterocycles. The van der Waals surface area contributed by atoms with Crippen LogP contribution in [0.5, 0.6) is 5.75 Å². The summed E-state index contributed by atoms with van der Waals surface area (Å²) in [6, 6.07) is 9.41. The zero-order valence-electron chi connectivity index (χ0n) is 15.3. The predicted octanol–water partition coefficient (Wildman–Crippen LogP) is 4.48. The Bertz CT molecular complexity index is 1010. The number of nitriles is 1. The van der Waals surface area contributed by atoms with Crippen molar-refractivity contribution in [2.24, 2.45) is 0 Å². The molecule has 0 radical (unpaired) electrons. The van der Waals surface area contributed by atoms with E-state index in [1.165, 1.54) is 0 Å². The van der Waals surface area contributed by atoms with Crippen LogP contribution in [0.2, 0.25) is 0 Å². The third-order valence-corrected chi connectivity index (χ3v) is 4.20. The first kappa shape index (κ1) is 18.3. The van der Waals surface area contributed by atoms with Crippen LogP contribution in [0, 0.1) is 11.3 Å². The van der Waals surface area contributed by atoms with Gasteiger partial charge in [-0.25, -0.2) is 4.39 Å². The minimum Gasteiger partial charge on any atom is -0.491 e. The second kappa shape index (κ2) is 7.83. The average Bonchev–Trinajstić information content (AvgIpc) is 3.11. The Morgan fingerprint density at radius 3 is 2.89 bits per heavy atom. The van der Waals surface area contributed by atoms with E-state index < -0.39 is 6.67 Å². The maximum atomic E-state index is 12.3. The summed E-state index contributed by atoms with van der Waals surface area (Å²) in [7, 11) is 1.81. The number of fused-ring (bicyclic) bond motifs is 1. The van der Waals surface area contributed by atoms with Gasteiger partial charge in [-0.2, -0.15) is 5.26 Å². The first-order valence-electron chi connectivity index (χ1n) is 8.47. The van der Waals surface area contributed by atoms with Crippen LogP contribution in [0.3, 0.4) is 0 Å². The second-order valence-corrected chi connectivity index (χ2v) is 5.96. The first-order chi connectivity index (χ1) is 13.1. The highest BCUT2D eigenvalue weighted by Gasteiger charge is 2.18. The van der Waals surface area contributed by atoms with Gasteiger partial charge in [0.05, 0.1) is 11.6 Å². The highest BCUT2D eigenvalue weighted by Crippen LogP contribution is 2.31. The minimum absolute atomic E-state index is 0.0284. The van der Waals surface area contributed by atoms with Gasteiger partial charge in [0.15, 0.2) is 0 Å². The van der Waals surface area contributed by atoms with Crippen molar-refractivity contribution in [3.8, 4) is 11.8 Å². The molecule has 0 amide bonds. The van der Waals surface area contributed by atoms with E-state index in [0.29, 0.717) is 28.4 Å². The van der Waals surface area contributed by atoms with Crippen molar-refractivity contribution in [2.45, 2.75) is 6.92 Å². The van der Waals surface area contributed by atoms with Gasteiger partial charge in [0.2, 0.25) is 0 Å². The smallest absolute Gasteiger partial charge is 0.135 e. The summed E-state index contributed by atoms with van der Waals surface area (Å²) in [4.78, 5) is 1.86. The van der Waals surface area contributed by atoms with Crippen LogP contribution in [0.4, 0.5) is 4.39 Å².